The highest BCUT2D eigenvalue weighted by atomic mass is 35.5. The van der Waals surface area contributed by atoms with E-state index in [-0.39, 0.29) is 22.0 Å². The predicted octanol–water partition coefficient (Wildman–Crippen LogP) is 3.15. The van der Waals surface area contributed by atoms with E-state index in [0.29, 0.717) is 19.0 Å². The van der Waals surface area contributed by atoms with Crippen LogP contribution in [0.3, 0.4) is 0 Å². The van der Waals surface area contributed by atoms with Crippen molar-refractivity contribution >= 4 is 23.2 Å². The van der Waals surface area contributed by atoms with Gasteiger partial charge >= 0.3 is 5.69 Å². The fourth-order valence-corrected chi connectivity index (χ4v) is 2.82. The van der Waals surface area contributed by atoms with Crippen LogP contribution in [0, 0.1) is 21.4 Å². The van der Waals surface area contributed by atoms with Crippen LogP contribution in [0.2, 0.25) is 5.15 Å². The summed E-state index contributed by atoms with van der Waals surface area (Å²) in [5.74, 6) is 0.0376. The van der Waals surface area contributed by atoms with Crippen molar-refractivity contribution < 1.29 is 9.72 Å². The largest absolute Gasteiger partial charge is 0.338 e. The summed E-state index contributed by atoms with van der Waals surface area (Å²) in [4.78, 5) is 28.3. The van der Waals surface area contributed by atoms with Gasteiger partial charge in [-0.15, -0.1) is 0 Å². The van der Waals surface area contributed by atoms with Gasteiger partial charge in [-0.25, -0.2) is 4.98 Å². The zero-order chi connectivity index (χ0) is 15.8. The summed E-state index contributed by atoms with van der Waals surface area (Å²) in [5.41, 5.74) is -0.297. The minimum absolute atomic E-state index is 0.00885. The van der Waals surface area contributed by atoms with Gasteiger partial charge in [0.2, 0.25) is 5.15 Å². The molecule has 0 saturated carbocycles. The quantitative estimate of drug-likeness (QED) is 0.477. The first-order valence-electron chi connectivity index (χ1n) is 6.80. The van der Waals surface area contributed by atoms with Crippen LogP contribution in [0.15, 0.2) is 12.3 Å². The molecule has 2 rings (SSSR count). The molecule has 1 unspecified atom stereocenters. The maximum atomic E-state index is 12.5. The molecule has 1 aromatic rings. The van der Waals surface area contributed by atoms with E-state index < -0.39 is 10.6 Å². The fourth-order valence-electron chi connectivity index (χ4n) is 2.60. The molecule has 0 radical (unpaired) electrons. The lowest BCUT2D eigenvalue weighted by molar-refractivity contribution is -0.385. The number of pyridine rings is 1. The van der Waals surface area contributed by atoms with Gasteiger partial charge in [0.15, 0.2) is 0 Å². The number of carbonyl (C=O) groups is 1. The number of amides is 1. The number of rotatable bonds is 2. The van der Waals surface area contributed by atoms with Gasteiger partial charge in [-0.05, 0) is 23.8 Å². The summed E-state index contributed by atoms with van der Waals surface area (Å²) in [5, 5.41) is 10.8. The van der Waals surface area contributed by atoms with E-state index in [9.17, 15) is 14.9 Å². The summed E-state index contributed by atoms with van der Waals surface area (Å²) in [7, 11) is 0. The average Bonchev–Trinajstić information content (AvgIpc) is 2.86. The fraction of sp³-hybridized carbons (Fsp3) is 0.571. The molecule has 0 aromatic carbocycles. The number of nitro groups is 1. The number of nitrogens with zero attached hydrogens (tertiary/aromatic N) is 3. The van der Waals surface area contributed by atoms with E-state index in [1.807, 2.05) is 0 Å². The Balaban J connectivity index is 2.27. The molecule has 1 amide bonds. The number of hydrogen-bond donors (Lipinski definition) is 0. The Bertz CT molecular complexity index is 583. The SMILES string of the molecule is CC(C)(C)C1CCN(C(=O)c2ccnc(Cl)c2[N+](=O)[O-])C1. The van der Waals surface area contributed by atoms with Gasteiger partial charge in [0.1, 0.15) is 5.56 Å². The number of carbonyl (C=O) groups excluding carboxylic acids is 1. The molecule has 7 heteroatoms. The minimum Gasteiger partial charge on any atom is -0.338 e. The van der Waals surface area contributed by atoms with Crippen molar-refractivity contribution in [2.24, 2.45) is 11.3 Å². The first-order chi connectivity index (χ1) is 9.71. The van der Waals surface area contributed by atoms with E-state index in [1.54, 1.807) is 4.90 Å². The molecule has 1 atom stereocenters. The third kappa shape index (κ3) is 3.15. The van der Waals surface area contributed by atoms with Crippen LogP contribution in [0.1, 0.15) is 37.6 Å². The summed E-state index contributed by atoms with van der Waals surface area (Å²) in [6.45, 7) is 7.63. The number of halogens is 1. The van der Waals surface area contributed by atoms with Crippen molar-refractivity contribution in [1.29, 1.82) is 0 Å². The summed E-state index contributed by atoms with van der Waals surface area (Å²) >= 11 is 5.75. The maximum Gasteiger partial charge on any atom is 0.319 e. The van der Waals surface area contributed by atoms with Crippen molar-refractivity contribution in [2.75, 3.05) is 13.1 Å². The van der Waals surface area contributed by atoms with Crippen molar-refractivity contribution in [1.82, 2.24) is 9.88 Å². The Labute approximate surface area is 128 Å². The number of hydrogen-bond acceptors (Lipinski definition) is 4. The second kappa shape index (κ2) is 5.60. The molecule has 0 spiro atoms. The molecule has 2 heterocycles. The number of aromatic nitrogens is 1. The van der Waals surface area contributed by atoms with Crippen LogP contribution in [-0.2, 0) is 0 Å². The normalized spacial score (nSPS) is 18.9. The Kier molecular flexibility index (Phi) is 4.18. The van der Waals surface area contributed by atoms with Gasteiger partial charge in [0, 0.05) is 19.3 Å². The van der Waals surface area contributed by atoms with Crippen LogP contribution in [0.5, 0.6) is 0 Å². The Hall–Kier alpha value is -1.69. The molecular formula is C14H18ClN3O3. The minimum atomic E-state index is -0.653. The molecule has 1 saturated heterocycles. The third-order valence-corrected chi connectivity index (χ3v) is 4.27. The molecule has 21 heavy (non-hydrogen) atoms. The van der Waals surface area contributed by atoms with E-state index in [4.69, 9.17) is 11.6 Å². The lowest BCUT2D eigenvalue weighted by Gasteiger charge is -2.26. The first kappa shape index (κ1) is 15.7. The molecule has 1 fully saturated rings. The van der Waals surface area contributed by atoms with Gasteiger partial charge in [-0.2, -0.15) is 0 Å². The molecule has 1 aliphatic heterocycles. The predicted molar refractivity (Wildman–Crippen MR) is 79.4 cm³/mol. The molecule has 0 aliphatic carbocycles. The lowest BCUT2D eigenvalue weighted by Crippen LogP contribution is -2.31. The average molecular weight is 312 g/mol. The lowest BCUT2D eigenvalue weighted by atomic mass is 9.80. The Morgan fingerprint density at radius 1 is 1.52 bits per heavy atom. The van der Waals surface area contributed by atoms with E-state index in [0.717, 1.165) is 6.42 Å². The van der Waals surface area contributed by atoms with E-state index in [2.05, 4.69) is 25.8 Å². The smallest absolute Gasteiger partial charge is 0.319 e. The van der Waals surface area contributed by atoms with Crippen LogP contribution in [0.4, 0.5) is 5.69 Å². The molecule has 1 aromatic heterocycles. The highest BCUT2D eigenvalue weighted by Crippen LogP contribution is 2.35. The maximum absolute atomic E-state index is 12.5. The van der Waals surface area contributed by atoms with Crippen LogP contribution >= 0.6 is 11.6 Å². The summed E-state index contributed by atoms with van der Waals surface area (Å²) in [6.07, 6.45) is 2.22. The second-order valence-electron chi connectivity index (χ2n) is 6.36. The molecular weight excluding hydrogens is 294 g/mol. The van der Waals surface area contributed by atoms with Crippen LogP contribution < -0.4 is 0 Å². The van der Waals surface area contributed by atoms with Crippen molar-refractivity contribution in [3.8, 4) is 0 Å². The van der Waals surface area contributed by atoms with Crippen LogP contribution in [-0.4, -0.2) is 33.8 Å². The van der Waals surface area contributed by atoms with Crippen molar-refractivity contribution in [3.63, 3.8) is 0 Å². The molecule has 0 bridgehead atoms. The highest BCUT2D eigenvalue weighted by Gasteiger charge is 2.36. The van der Waals surface area contributed by atoms with Gasteiger partial charge in [0.25, 0.3) is 5.91 Å². The molecule has 6 nitrogen and oxygen atoms in total. The zero-order valence-electron chi connectivity index (χ0n) is 12.3. The second-order valence-corrected chi connectivity index (χ2v) is 6.72. The Morgan fingerprint density at radius 3 is 2.71 bits per heavy atom. The van der Waals surface area contributed by atoms with Gasteiger partial charge < -0.3 is 4.90 Å². The monoisotopic (exact) mass is 311 g/mol. The van der Waals surface area contributed by atoms with Crippen molar-refractivity contribution in [3.05, 3.63) is 33.1 Å². The highest BCUT2D eigenvalue weighted by molar-refractivity contribution is 6.32. The van der Waals surface area contributed by atoms with Gasteiger partial charge in [-0.1, -0.05) is 32.4 Å². The van der Waals surface area contributed by atoms with Gasteiger partial charge in [0.05, 0.1) is 4.92 Å². The Morgan fingerprint density at radius 2 is 2.19 bits per heavy atom. The first-order valence-corrected chi connectivity index (χ1v) is 7.17. The van der Waals surface area contributed by atoms with Gasteiger partial charge in [-0.3, -0.25) is 14.9 Å². The van der Waals surface area contributed by atoms with Crippen LogP contribution in [0.25, 0.3) is 0 Å². The van der Waals surface area contributed by atoms with Crippen molar-refractivity contribution in [2.45, 2.75) is 27.2 Å². The summed E-state index contributed by atoms with van der Waals surface area (Å²) < 4.78 is 0. The topological polar surface area (TPSA) is 76.3 Å². The number of likely N-dealkylation sites (tertiary alicyclic amines) is 1. The molecule has 114 valence electrons. The van der Waals surface area contributed by atoms with E-state index in [1.165, 1.54) is 12.3 Å². The molecule has 0 N–H and O–H groups in total. The third-order valence-electron chi connectivity index (χ3n) is 3.99. The zero-order valence-corrected chi connectivity index (χ0v) is 13.1. The summed E-state index contributed by atoms with van der Waals surface area (Å²) in [6, 6.07) is 1.36. The molecule has 1 aliphatic rings. The standard InChI is InChI=1S/C14H18ClN3O3/c1-14(2,3)9-5-7-17(8-9)13(19)10-4-6-16-12(15)11(10)18(20)21/h4,6,9H,5,7-8H2,1-3H3. The van der Waals surface area contributed by atoms with E-state index >= 15 is 0 Å².